The molecule has 148 valence electrons. The van der Waals surface area contributed by atoms with E-state index in [0.29, 0.717) is 23.7 Å². The Labute approximate surface area is 165 Å². The number of nitrogens with one attached hydrogen (secondary N) is 2. The molecule has 0 unspecified atom stereocenters. The minimum Gasteiger partial charge on any atom is -0.492 e. The molecule has 1 heterocycles. The Balaban J connectivity index is 1.94. The summed E-state index contributed by atoms with van der Waals surface area (Å²) in [6.07, 6.45) is 1.19. The Morgan fingerprint density at radius 1 is 1.10 bits per heavy atom. The van der Waals surface area contributed by atoms with Gasteiger partial charge in [-0.25, -0.2) is 14.8 Å². The maximum atomic E-state index is 11.7. The number of aromatic carboxylic acids is 1. The highest BCUT2D eigenvalue weighted by Gasteiger charge is 2.24. The maximum Gasteiger partial charge on any atom is 0.353 e. The summed E-state index contributed by atoms with van der Waals surface area (Å²) in [6.45, 7) is 2.27. The third-order valence-electron chi connectivity index (χ3n) is 3.84. The van der Waals surface area contributed by atoms with E-state index in [9.17, 15) is 14.9 Å². The van der Waals surface area contributed by atoms with E-state index in [0.717, 1.165) is 0 Å². The van der Waals surface area contributed by atoms with Crippen molar-refractivity contribution in [3.8, 4) is 5.75 Å². The van der Waals surface area contributed by atoms with E-state index in [1.807, 2.05) is 6.92 Å². The summed E-state index contributed by atoms with van der Waals surface area (Å²) in [5.41, 5.74) is 0.703. The van der Waals surface area contributed by atoms with Crippen molar-refractivity contribution in [1.82, 2.24) is 9.97 Å². The predicted molar refractivity (Wildman–Crippen MR) is 106 cm³/mol. The fourth-order valence-corrected chi connectivity index (χ4v) is 2.55. The number of carbonyl (C=O) groups is 1. The number of para-hydroxylation sites is 2. The average Bonchev–Trinajstić information content (AvgIpc) is 2.70. The number of nitrogens with zero attached hydrogens (tertiary/aromatic N) is 3. The predicted octanol–water partition coefficient (Wildman–Crippen LogP) is 3.97. The Morgan fingerprint density at radius 3 is 2.38 bits per heavy atom. The Hall–Kier alpha value is -4.21. The molecule has 0 bridgehead atoms. The molecule has 0 saturated carbocycles. The average molecular weight is 395 g/mol. The molecule has 0 radical (unpaired) electrons. The third-order valence-corrected chi connectivity index (χ3v) is 3.84. The molecule has 10 heteroatoms. The molecule has 2 aromatic carbocycles. The van der Waals surface area contributed by atoms with Gasteiger partial charge in [0, 0.05) is 5.69 Å². The molecule has 0 saturated heterocycles. The van der Waals surface area contributed by atoms with E-state index in [2.05, 4.69) is 20.6 Å². The van der Waals surface area contributed by atoms with Gasteiger partial charge in [-0.2, -0.15) is 0 Å². The summed E-state index contributed by atoms with van der Waals surface area (Å²) in [4.78, 5) is 30.0. The largest absolute Gasteiger partial charge is 0.492 e. The van der Waals surface area contributed by atoms with Crippen LogP contribution >= 0.6 is 0 Å². The Kier molecular flexibility index (Phi) is 5.83. The lowest BCUT2D eigenvalue weighted by Crippen LogP contribution is -2.06. The monoisotopic (exact) mass is 395 g/mol. The van der Waals surface area contributed by atoms with E-state index in [1.54, 1.807) is 24.3 Å². The minimum atomic E-state index is -1.07. The standard InChI is InChI=1S/C19H17N5O5/c1-2-29-15-6-4-3-5-14(15)23-18-16(24(27)28)17(20-11-21-18)22-13-9-7-12(8-10-13)19(25)26/h3-11H,2H2,1H3,(H,25,26)(H2,20,21,22,23). The molecule has 0 atom stereocenters. The lowest BCUT2D eigenvalue weighted by molar-refractivity contribution is -0.383. The molecule has 0 spiro atoms. The quantitative estimate of drug-likeness (QED) is 0.382. The molecule has 0 aliphatic carbocycles. The summed E-state index contributed by atoms with van der Waals surface area (Å²) >= 11 is 0. The number of carboxylic acid groups (broad SMARTS) is 1. The Morgan fingerprint density at radius 2 is 1.76 bits per heavy atom. The van der Waals surface area contributed by atoms with E-state index in [4.69, 9.17) is 9.84 Å². The van der Waals surface area contributed by atoms with E-state index in [-0.39, 0.29) is 22.9 Å². The van der Waals surface area contributed by atoms with Crippen LogP contribution in [0, 0.1) is 10.1 Å². The zero-order chi connectivity index (χ0) is 20.8. The fourth-order valence-electron chi connectivity index (χ4n) is 2.55. The van der Waals surface area contributed by atoms with Gasteiger partial charge in [-0.3, -0.25) is 10.1 Å². The van der Waals surface area contributed by atoms with Crippen LogP contribution < -0.4 is 15.4 Å². The molecule has 1 aromatic heterocycles. The van der Waals surface area contributed by atoms with Crippen molar-refractivity contribution in [1.29, 1.82) is 0 Å². The first-order valence-electron chi connectivity index (χ1n) is 8.58. The fraction of sp³-hybridized carbons (Fsp3) is 0.105. The smallest absolute Gasteiger partial charge is 0.353 e. The highest BCUT2D eigenvalue weighted by Crippen LogP contribution is 2.35. The van der Waals surface area contributed by atoms with Crippen molar-refractivity contribution in [3.05, 3.63) is 70.5 Å². The second-order valence-corrected chi connectivity index (χ2v) is 5.74. The van der Waals surface area contributed by atoms with Gasteiger partial charge < -0.3 is 20.5 Å². The van der Waals surface area contributed by atoms with Gasteiger partial charge in [0.05, 0.1) is 22.8 Å². The van der Waals surface area contributed by atoms with Crippen LogP contribution in [0.3, 0.4) is 0 Å². The number of nitro groups is 1. The minimum absolute atomic E-state index is 0.0122. The normalized spacial score (nSPS) is 10.2. The number of hydrogen-bond donors (Lipinski definition) is 3. The molecule has 29 heavy (non-hydrogen) atoms. The number of aromatic nitrogens is 2. The van der Waals surface area contributed by atoms with Gasteiger partial charge in [0.2, 0.25) is 11.6 Å². The summed E-state index contributed by atoms with van der Waals surface area (Å²) in [6, 6.07) is 12.8. The van der Waals surface area contributed by atoms with Crippen molar-refractivity contribution in [2.45, 2.75) is 6.92 Å². The number of hydrogen-bond acceptors (Lipinski definition) is 8. The van der Waals surface area contributed by atoms with Crippen LogP contribution in [-0.2, 0) is 0 Å². The zero-order valence-corrected chi connectivity index (χ0v) is 15.3. The summed E-state index contributed by atoms with van der Waals surface area (Å²) in [5.74, 6) is -0.586. The third kappa shape index (κ3) is 4.56. The number of rotatable bonds is 8. The van der Waals surface area contributed by atoms with Crippen LogP contribution in [0.25, 0.3) is 0 Å². The van der Waals surface area contributed by atoms with Gasteiger partial charge in [-0.05, 0) is 43.3 Å². The molecule has 0 aliphatic heterocycles. The highest BCUT2D eigenvalue weighted by molar-refractivity contribution is 5.88. The van der Waals surface area contributed by atoms with Crippen molar-refractivity contribution >= 4 is 34.7 Å². The van der Waals surface area contributed by atoms with Crippen LogP contribution in [0.4, 0.5) is 28.7 Å². The van der Waals surface area contributed by atoms with Gasteiger partial charge in [0.25, 0.3) is 0 Å². The molecule has 0 fully saturated rings. The number of benzene rings is 2. The van der Waals surface area contributed by atoms with Crippen molar-refractivity contribution in [2.75, 3.05) is 17.2 Å². The first kappa shape index (κ1) is 19.5. The number of ether oxygens (including phenoxy) is 1. The first-order chi connectivity index (χ1) is 14.0. The van der Waals surface area contributed by atoms with E-state index < -0.39 is 10.9 Å². The summed E-state index contributed by atoms with van der Waals surface area (Å²) in [7, 11) is 0. The summed E-state index contributed by atoms with van der Waals surface area (Å²) < 4.78 is 5.53. The van der Waals surface area contributed by atoms with Crippen LogP contribution in [0.1, 0.15) is 17.3 Å². The molecular formula is C19H17N5O5. The maximum absolute atomic E-state index is 11.7. The van der Waals surface area contributed by atoms with Crippen molar-refractivity contribution < 1.29 is 19.6 Å². The van der Waals surface area contributed by atoms with Crippen LogP contribution in [0.2, 0.25) is 0 Å². The van der Waals surface area contributed by atoms with Crippen LogP contribution in [0.15, 0.2) is 54.9 Å². The number of anilines is 4. The second-order valence-electron chi connectivity index (χ2n) is 5.74. The molecular weight excluding hydrogens is 378 g/mol. The van der Waals surface area contributed by atoms with Gasteiger partial charge in [-0.15, -0.1) is 0 Å². The SMILES string of the molecule is CCOc1ccccc1Nc1ncnc(Nc2ccc(C(=O)O)cc2)c1[N+](=O)[O-]. The highest BCUT2D eigenvalue weighted by atomic mass is 16.6. The zero-order valence-electron chi connectivity index (χ0n) is 15.3. The summed E-state index contributed by atoms with van der Waals surface area (Å²) in [5, 5.41) is 26.4. The van der Waals surface area contributed by atoms with Crippen LogP contribution in [-0.4, -0.2) is 32.6 Å². The van der Waals surface area contributed by atoms with E-state index >= 15 is 0 Å². The van der Waals surface area contributed by atoms with Gasteiger partial charge in [0.1, 0.15) is 12.1 Å². The number of carboxylic acids is 1. The lowest BCUT2D eigenvalue weighted by Gasteiger charge is -2.13. The van der Waals surface area contributed by atoms with Crippen LogP contribution in [0.5, 0.6) is 5.75 Å². The first-order valence-corrected chi connectivity index (χ1v) is 8.58. The molecule has 3 rings (SSSR count). The molecule has 3 N–H and O–H groups in total. The van der Waals surface area contributed by atoms with Gasteiger partial charge in [0.15, 0.2) is 0 Å². The molecule has 3 aromatic rings. The lowest BCUT2D eigenvalue weighted by atomic mass is 10.2. The second kappa shape index (κ2) is 8.65. The van der Waals surface area contributed by atoms with Crippen molar-refractivity contribution in [3.63, 3.8) is 0 Å². The Bertz CT molecular complexity index is 1040. The molecule has 0 aliphatic rings. The molecule has 10 nitrogen and oxygen atoms in total. The molecule has 0 amide bonds. The van der Waals surface area contributed by atoms with Gasteiger partial charge in [-0.1, -0.05) is 12.1 Å². The van der Waals surface area contributed by atoms with Crippen molar-refractivity contribution in [2.24, 2.45) is 0 Å². The topological polar surface area (TPSA) is 140 Å². The van der Waals surface area contributed by atoms with E-state index in [1.165, 1.54) is 30.6 Å². The van der Waals surface area contributed by atoms with Gasteiger partial charge >= 0.3 is 11.7 Å².